The summed E-state index contributed by atoms with van der Waals surface area (Å²) in [5.74, 6) is 0.172. The Labute approximate surface area is 148 Å². The summed E-state index contributed by atoms with van der Waals surface area (Å²) < 4.78 is 30.9. The van der Waals surface area contributed by atoms with E-state index in [4.69, 9.17) is 14.2 Å². The van der Waals surface area contributed by atoms with Crippen LogP contribution >= 0.6 is 0 Å². The standard InChI is InChI=1S/C18H27FN2O4/c1-20(2)17(22)10-18(24-4)12-21(8-9-25-13-18)11-14-15(19)6-5-7-16(14)23-3/h5-7H,8-13H2,1-4H3. The highest BCUT2D eigenvalue weighted by molar-refractivity contribution is 5.76. The van der Waals surface area contributed by atoms with Crippen LogP contribution in [-0.4, -0.2) is 75.9 Å². The van der Waals surface area contributed by atoms with Crippen LogP contribution in [0, 0.1) is 5.82 Å². The maximum atomic E-state index is 14.3. The normalized spacial score (nSPS) is 21.6. The highest BCUT2D eigenvalue weighted by Crippen LogP contribution is 2.27. The molecule has 1 heterocycles. The van der Waals surface area contributed by atoms with Gasteiger partial charge in [0.15, 0.2) is 0 Å². The molecule has 1 aliphatic rings. The summed E-state index contributed by atoms with van der Waals surface area (Å²) in [5, 5.41) is 0. The van der Waals surface area contributed by atoms with Gasteiger partial charge in [-0.1, -0.05) is 6.07 Å². The molecule has 0 bridgehead atoms. The van der Waals surface area contributed by atoms with Crippen molar-refractivity contribution in [1.82, 2.24) is 9.80 Å². The van der Waals surface area contributed by atoms with E-state index in [1.807, 2.05) is 4.90 Å². The van der Waals surface area contributed by atoms with Gasteiger partial charge in [-0.15, -0.1) is 0 Å². The van der Waals surface area contributed by atoms with Crippen molar-refractivity contribution in [2.45, 2.75) is 18.6 Å². The minimum absolute atomic E-state index is 0.0317. The van der Waals surface area contributed by atoms with Gasteiger partial charge >= 0.3 is 0 Å². The molecule has 25 heavy (non-hydrogen) atoms. The van der Waals surface area contributed by atoms with Crippen LogP contribution in [0.15, 0.2) is 18.2 Å². The average molecular weight is 354 g/mol. The molecule has 0 N–H and O–H groups in total. The third kappa shape index (κ3) is 4.90. The van der Waals surface area contributed by atoms with Crippen LogP contribution in [0.3, 0.4) is 0 Å². The van der Waals surface area contributed by atoms with Gasteiger partial charge in [0.2, 0.25) is 5.91 Å². The Bertz CT molecular complexity index is 596. The molecule has 7 heteroatoms. The third-order valence-corrected chi connectivity index (χ3v) is 4.51. The Morgan fingerprint density at radius 1 is 1.40 bits per heavy atom. The molecule has 1 atom stereocenters. The Hall–Kier alpha value is -1.70. The zero-order chi connectivity index (χ0) is 18.4. The molecule has 1 unspecified atom stereocenters. The van der Waals surface area contributed by atoms with Gasteiger partial charge in [-0.3, -0.25) is 9.69 Å². The number of hydrogen-bond donors (Lipinski definition) is 0. The molecule has 1 aromatic rings. The quantitative estimate of drug-likeness (QED) is 0.776. The molecule has 0 saturated carbocycles. The molecule has 0 spiro atoms. The van der Waals surface area contributed by atoms with Crippen molar-refractivity contribution >= 4 is 5.91 Å². The average Bonchev–Trinajstić information content (AvgIpc) is 2.79. The van der Waals surface area contributed by atoms with Crippen LogP contribution < -0.4 is 4.74 Å². The van der Waals surface area contributed by atoms with E-state index >= 15 is 0 Å². The number of amides is 1. The van der Waals surface area contributed by atoms with Crippen LogP contribution in [-0.2, 0) is 20.8 Å². The van der Waals surface area contributed by atoms with E-state index in [0.29, 0.717) is 44.2 Å². The first-order chi connectivity index (χ1) is 11.9. The maximum absolute atomic E-state index is 14.3. The first kappa shape index (κ1) is 19.6. The fourth-order valence-corrected chi connectivity index (χ4v) is 2.96. The summed E-state index contributed by atoms with van der Waals surface area (Å²) in [5.41, 5.74) is -0.257. The number of carbonyl (C=O) groups is 1. The molecule has 1 aliphatic heterocycles. The summed E-state index contributed by atoms with van der Waals surface area (Å²) in [6, 6.07) is 4.79. The number of hydrogen-bond acceptors (Lipinski definition) is 5. The van der Waals surface area contributed by atoms with Crippen molar-refractivity contribution in [3.63, 3.8) is 0 Å². The van der Waals surface area contributed by atoms with E-state index in [9.17, 15) is 9.18 Å². The highest BCUT2D eigenvalue weighted by Gasteiger charge is 2.38. The fourth-order valence-electron chi connectivity index (χ4n) is 2.96. The summed E-state index contributed by atoms with van der Waals surface area (Å²) >= 11 is 0. The predicted octanol–water partition coefficient (Wildman–Crippen LogP) is 1.53. The number of nitrogens with zero attached hydrogens (tertiary/aromatic N) is 2. The van der Waals surface area contributed by atoms with Crippen molar-refractivity contribution in [1.29, 1.82) is 0 Å². The molecule has 6 nitrogen and oxygen atoms in total. The lowest BCUT2D eigenvalue weighted by atomic mass is 9.98. The molecule has 1 saturated heterocycles. The predicted molar refractivity (Wildman–Crippen MR) is 92.1 cm³/mol. The second kappa shape index (κ2) is 8.60. The van der Waals surface area contributed by atoms with Gasteiger partial charge in [-0.2, -0.15) is 0 Å². The van der Waals surface area contributed by atoms with Crippen molar-refractivity contribution in [3.8, 4) is 5.75 Å². The van der Waals surface area contributed by atoms with Crippen LogP contribution in [0.4, 0.5) is 4.39 Å². The van der Waals surface area contributed by atoms with Gasteiger partial charge in [0.25, 0.3) is 0 Å². The lowest BCUT2D eigenvalue weighted by Gasteiger charge is -2.34. The van der Waals surface area contributed by atoms with Gasteiger partial charge in [0, 0.05) is 46.4 Å². The fraction of sp³-hybridized carbons (Fsp3) is 0.611. The monoisotopic (exact) mass is 354 g/mol. The number of halogens is 1. The maximum Gasteiger partial charge on any atom is 0.225 e. The largest absolute Gasteiger partial charge is 0.496 e. The first-order valence-corrected chi connectivity index (χ1v) is 8.27. The lowest BCUT2D eigenvalue weighted by molar-refractivity contribution is -0.139. The van der Waals surface area contributed by atoms with Crippen LogP contribution in [0.2, 0.25) is 0 Å². The molecule has 1 aromatic carbocycles. The van der Waals surface area contributed by atoms with Crippen LogP contribution in [0.5, 0.6) is 5.75 Å². The number of ether oxygens (including phenoxy) is 3. The van der Waals surface area contributed by atoms with Gasteiger partial charge < -0.3 is 19.1 Å². The topological polar surface area (TPSA) is 51.2 Å². The molecule has 0 aliphatic carbocycles. The molecule has 2 rings (SSSR count). The zero-order valence-corrected chi connectivity index (χ0v) is 15.4. The van der Waals surface area contributed by atoms with Gasteiger partial charge in [0.1, 0.15) is 17.2 Å². The van der Waals surface area contributed by atoms with Crippen molar-refractivity contribution in [2.75, 3.05) is 54.6 Å². The van der Waals surface area contributed by atoms with E-state index in [0.717, 1.165) is 0 Å². The molecular formula is C18H27FN2O4. The van der Waals surface area contributed by atoms with E-state index in [2.05, 4.69) is 0 Å². The summed E-state index contributed by atoms with van der Waals surface area (Å²) in [6.07, 6.45) is 0.210. The smallest absolute Gasteiger partial charge is 0.225 e. The molecule has 140 valence electrons. The zero-order valence-electron chi connectivity index (χ0n) is 15.4. The molecule has 0 radical (unpaired) electrons. The molecule has 0 aromatic heterocycles. The van der Waals surface area contributed by atoms with Gasteiger partial charge in [-0.05, 0) is 12.1 Å². The minimum Gasteiger partial charge on any atom is -0.496 e. The molecule has 1 amide bonds. The molecular weight excluding hydrogens is 327 g/mol. The number of benzene rings is 1. The lowest BCUT2D eigenvalue weighted by Crippen LogP contribution is -2.48. The Balaban J connectivity index is 2.20. The van der Waals surface area contributed by atoms with Crippen LogP contribution in [0.1, 0.15) is 12.0 Å². The number of carbonyl (C=O) groups excluding carboxylic acids is 1. The van der Waals surface area contributed by atoms with Crippen molar-refractivity contribution in [3.05, 3.63) is 29.6 Å². The summed E-state index contributed by atoms with van der Waals surface area (Å²) in [4.78, 5) is 15.8. The minimum atomic E-state index is -0.754. The Morgan fingerprint density at radius 2 is 2.16 bits per heavy atom. The van der Waals surface area contributed by atoms with Crippen LogP contribution in [0.25, 0.3) is 0 Å². The van der Waals surface area contributed by atoms with Gasteiger partial charge in [-0.25, -0.2) is 4.39 Å². The summed E-state index contributed by atoms with van der Waals surface area (Å²) in [6.45, 7) is 2.28. The van der Waals surface area contributed by atoms with Crippen molar-refractivity contribution in [2.24, 2.45) is 0 Å². The van der Waals surface area contributed by atoms with E-state index in [-0.39, 0.29) is 18.1 Å². The Morgan fingerprint density at radius 3 is 2.80 bits per heavy atom. The second-order valence-corrected chi connectivity index (χ2v) is 6.54. The van der Waals surface area contributed by atoms with E-state index < -0.39 is 5.60 Å². The highest BCUT2D eigenvalue weighted by atomic mass is 19.1. The van der Waals surface area contributed by atoms with Crippen molar-refractivity contribution < 1.29 is 23.4 Å². The summed E-state index contributed by atoms with van der Waals surface area (Å²) in [7, 11) is 6.54. The second-order valence-electron chi connectivity index (χ2n) is 6.54. The number of rotatable bonds is 6. The molecule has 1 fully saturated rings. The van der Waals surface area contributed by atoms with E-state index in [1.165, 1.54) is 18.1 Å². The van der Waals surface area contributed by atoms with Gasteiger partial charge in [0.05, 0.1) is 26.7 Å². The first-order valence-electron chi connectivity index (χ1n) is 8.27. The number of methoxy groups -OCH3 is 2. The SMILES string of the molecule is COc1cccc(F)c1CN1CCOCC(CC(=O)N(C)C)(OC)C1. The van der Waals surface area contributed by atoms with E-state index in [1.54, 1.807) is 33.3 Å². The Kier molecular flexibility index (Phi) is 6.75. The third-order valence-electron chi connectivity index (χ3n) is 4.51.